The number of fused-ring (bicyclic) bond motifs is 2. The lowest BCUT2D eigenvalue weighted by Gasteiger charge is -2.37. The smallest absolute Gasteiger partial charge is 0.407 e. The van der Waals surface area contributed by atoms with Crippen LogP contribution in [-0.2, 0) is 34.1 Å². The quantitative estimate of drug-likeness (QED) is 0.0670. The number of aromatic nitrogens is 4. The van der Waals surface area contributed by atoms with Gasteiger partial charge in [0.15, 0.2) is 11.6 Å². The van der Waals surface area contributed by atoms with Crippen LogP contribution in [0, 0.1) is 29.1 Å². The summed E-state index contributed by atoms with van der Waals surface area (Å²) < 4.78 is 102. The monoisotopic (exact) mass is 1140 g/mol. The highest BCUT2D eigenvalue weighted by molar-refractivity contribution is 5.88. The number of hydrogen-bond acceptors (Lipinski definition) is 12. The van der Waals surface area contributed by atoms with Crippen LogP contribution in [0.4, 0.5) is 42.9 Å². The molecule has 0 unspecified atom stereocenters. The van der Waals surface area contributed by atoms with Crippen molar-refractivity contribution >= 4 is 57.4 Å². The summed E-state index contributed by atoms with van der Waals surface area (Å²) in [5.74, 6) is -3.42. The zero-order valence-corrected chi connectivity index (χ0v) is 46.9. The molecule has 0 saturated carbocycles. The van der Waals surface area contributed by atoms with E-state index in [0.29, 0.717) is 93.8 Å². The first-order valence-electron chi connectivity index (χ1n) is 27.9. The van der Waals surface area contributed by atoms with Crippen LogP contribution in [0.2, 0.25) is 0 Å². The molecule has 4 saturated heterocycles. The number of halogens is 5. The Bertz CT molecular complexity index is 3330. The van der Waals surface area contributed by atoms with Gasteiger partial charge >= 0.3 is 12.2 Å². The van der Waals surface area contributed by atoms with Crippen molar-refractivity contribution in [3.05, 3.63) is 118 Å². The number of imidazole rings is 2. The SMILES string of the molecule is CC[C@@H](OC)[C@@H](NC(=O)OC)C(=O)N1CCC[C@H]1c1nc2cc(F)c([C@H]3CC[C@H](c4cc5[nH]c([C@@]6(C)CCCN6C(=O)[C@@H](NC(=O)OC)[C@@H](C)OC)nc5cc4F)N3c3cc(F)c(N4CCC(c5ccc(F)cc5)CC4)c(F)c3)cc2[nH]1. The number of aromatic amines is 2. The van der Waals surface area contributed by atoms with Crippen molar-refractivity contribution < 1.29 is 60.1 Å². The molecule has 23 heteroatoms. The van der Waals surface area contributed by atoms with E-state index in [-0.39, 0.29) is 58.1 Å². The molecule has 4 fully saturated rings. The Morgan fingerprint density at radius 3 is 1.87 bits per heavy atom. The Morgan fingerprint density at radius 1 is 0.683 bits per heavy atom. The second kappa shape index (κ2) is 23.7. The largest absolute Gasteiger partial charge is 0.453 e. The van der Waals surface area contributed by atoms with Crippen LogP contribution >= 0.6 is 0 Å². The van der Waals surface area contributed by atoms with Crippen molar-refractivity contribution in [1.82, 2.24) is 40.4 Å². The first-order valence-corrected chi connectivity index (χ1v) is 27.9. The maximum Gasteiger partial charge on any atom is 0.407 e. The number of benzene rings is 4. The Balaban J connectivity index is 1.00. The van der Waals surface area contributed by atoms with Gasteiger partial charge in [-0.25, -0.2) is 41.5 Å². The van der Waals surface area contributed by atoms with E-state index in [1.54, 1.807) is 50.8 Å². The van der Waals surface area contributed by atoms with Crippen LogP contribution in [0.15, 0.2) is 60.7 Å². The molecule has 4 aliphatic heterocycles. The Hall–Kier alpha value is -7.53. The fourth-order valence-corrected chi connectivity index (χ4v) is 13.0. The second-order valence-electron chi connectivity index (χ2n) is 22.0. The molecule has 18 nitrogen and oxygen atoms in total. The van der Waals surface area contributed by atoms with Crippen molar-refractivity contribution in [2.45, 2.75) is 132 Å². The maximum absolute atomic E-state index is 17.1. The maximum atomic E-state index is 17.1. The van der Waals surface area contributed by atoms with Gasteiger partial charge < -0.3 is 59.1 Å². The summed E-state index contributed by atoms with van der Waals surface area (Å²) in [5.41, 5.74) is 1.39. The number of rotatable bonds is 16. The van der Waals surface area contributed by atoms with Gasteiger partial charge in [-0.15, -0.1) is 0 Å². The predicted molar refractivity (Wildman–Crippen MR) is 294 cm³/mol. The average molecular weight is 1140 g/mol. The Morgan fingerprint density at radius 2 is 1.28 bits per heavy atom. The first-order chi connectivity index (χ1) is 39.4. The molecule has 0 spiro atoms. The van der Waals surface area contributed by atoms with Crippen LogP contribution in [-0.4, -0.2) is 133 Å². The third-order valence-electron chi connectivity index (χ3n) is 17.4. The minimum Gasteiger partial charge on any atom is -0.453 e. The molecule has 0 aliphatic carbocycles. The van der Waals surface area contributed by atoms with E-state index in [2.05, 4.69) is 20.6 Å². The molecule has 2 aromatic heterocycles. The number of carbonyl (C=O) groups is 4. The zero-order chi connectivity index (χ0) is 58.3. The lowest BCUT2D eigenvalue weighted by Crippen LogP contribution is -2.57. The highest BCUT2D eigenvalue weighted by Gasteiger charge is 2.48. The third-order valence-corrected chi connectivity index (χ3v) is 17.4. The van der Waals surface area contributed by atoms with E-state index >= 15 is 17.6 Å². The molecule has 4 N–H and O–H groups in total. The molecular formula is C59H69F5N10O8. The number of hydrogen-bond donors (Lipinski definition) is 4. The number of methoxy groups -OCH3 is 4. The van der Waals surface area contributed by atoms with E-state index in [1.807, 2.05) is 13.8 Å². The number of carbonyl (C=O) groups excluding carboxylic acids is 4. The van der Waals surface area contributed by atoms with Gasteiger partial charge in [-0.3, -0.25) is 9.59 Å². The lowest BCUT2D eigenvalue weighted by atomic mass is 9.89. The summed E-state index contributed by atoms with van der Waals surface area (Å²) in [5, 5.41) is 5.21. The molecule has 4 aromatic carbocycles. The van der Waals surface area contributed by atoms with Gasteiger partial charge in [0.1, 0.15) is 46.9 Å². The highest BCUT2D eigenvalue weighted by Crippen LogP contribution is 2.50. The summed E-state index contributed by atoms with van der Waals surface area (Å²) in [6, 6.07) is 9.88. The number of nitrogens with zero attached hydrogens (tertiary/aromatic N) is 6. The molecule has 8 atom stereocenters. The number of H-pyrrole nitrogens is 2. The van der Waals surface area contributed by atoms with E-state index in [9.17, 15) is 23.6 Å². The molecule has 0 radical (unpaired) electrons. The third kappa shape index (κ3) is 10.9. The van der Waals surface area contributed by atoms with Crippen molar-refractivity contribution in [3.8, 4) is 0 Å². The molecule has 438 valence electrons. The van der Waals surface area contributed by atoms with E-state index < -0.39 is 95.2 Å². The Kier molecular flexibility index (Phi) is 16.7. The van der Waals surface area contributed by atoms with Crippen molar-refractivity contribution in [1.29, 1.82) is 0 Å². The van der Waals surface area contributed by atoms with Crippen molar-refractivity contribution in [2.24, 2.45) is 0 Å². The van der Waals surface area contributed by atoms with E-state index in [1.165, 1.54) is 64.8 Å². The number of ether oxygens (including phenoxy) is 4. The van der Waals surface area contributed by atoms with Crippen LogP contribution in [0.1, 0.15) is 131 Å². The van der Waals surface area contributed by atoms with Gasteiger partial charge in [0.2, 0.25) is 11.8 Å². The lowest BCUT2D eigenvalue weighted by molar-refractivity contribution is -0.141. The minimum atomic E-state index is -1.10. The Labute approximate surface area is 471 Å². The predicted octanol–water partition coefficient (Wildman–Crippen LogP) is 10.0. The summed E-state index contributed by atoms with van der Waals surface area (Å²) in [6.45, 7) is 6.64. The van der Waals surface area contributed by atoms with Gasteiger partial charge in [0, 0.05) is 69.3 Å². The summed E-state index contributed by atoms with van der Waals surface area (Å²) in [6.07, 6.45) is 1.18. The van der Waals surface area contributed by atoms with Gasteiger partial charge in [-0.05, 0) is 120 Å². The summed E-state index contributed by atoms with van der Waals surface area (Å²) in [4.78, 5) is 76.1. The van der Waals surface area contributed by atoms with Crippen LogP contribution < -0.4 is 20.4 Å². The fourth-order valence-electron chi connectivity index (χ4n) is 13.0. The van der Waals surface area contributed by atoms with Crippen LogP contribution in [0.25, 0.3) is 22.1 Å². The molecule has 6 aromatic rings. The second-order valence-corrected chi connectivity index (χ2v) is 22.0. The van der Waals surface area contributed by atoms with Crippen molar-refractivity contribution in [3.63, 3.8) is 0 Å². The van der Waals surface area contributed by atoms with Gasteiger partial charge in [-0.1, -0.05) is 19.1 Å². The summed E-state index contributed by atoms with van der Waals surface area (Å²) in [7, 11) is 5.27. The number of piperidine rings is 1. The van der Waals surface area contributed by atoms with Crippen LogP contribution in [0.3, 0.4) is 0 Å². The summed E-state index contributed by atoms with van der Waals surface area (Å²) >= 11 is 0. The van der Waals surface area contributed by atoms with E-state index in [4.69, 9.17) is 28.9 Å². The van der Waals surface area contributed by atoms with Gasteiger partial charge in [-0.2, -0.15) is 0 Å². The molecule has 4 amide bonds. The number of alkyl carbamates (subject to hydrolysis) is 2. The molecular weight excluding hydrogens is 1070 g/mol. The van der Waals surface area contributed by atoms with Gasteiger partial charge in [0.05, 0.1) is 72.2 Å². The topological polar surface area (TPSA) is 200 Å². The molecule has 0 bridgehead atoms. The average Bonchev–Trinajstić information content (AvgIpc) is 4.47. The molecule has 4 aliphatic rings. The zero-order valence-electron chi connectivity index (χ0n) is 46.9. The van der Waals surface area contributed by atoms with Gasteiger partial charge in [0.25, 0.3) is 0 Å². The normalized spacial score (nSPS) is 22.0. The number of nitrogens with one attached hydrogen (secondary N) is 4. The number of amides is 4. The minimum absolute atomic E-state index is 0.0479. The molecule has 82 heavy (non-hydrogen) atoms. The standard InChI is InChI=1S/C59H69F5N10O8/c1-8-49(80-5)51(70-58(78)82-7)54(75)72-21-9-11-48(72)53-65-42-27-36(38(61)29-44(42)66-53)46-16-17-47(74(46)35-25-40(63)52(41(64)26-35)71-23-18-33(19-24-71)32-12-14-34(60)15-13-32)37-28-43-45(30-39(37)62)68-56(67-43)59(3)20-10-22-73(59)55(76)50(31(2)79-4)69-57(77)81-6/h12-15,25-31,33,46-51H,8-11,16-24H2,1-7H3,(H,65,66)(H,67,68)(H,69,77)(H,70,78)/t31-,46-,47-,48+,49-,50+,51-,59-/m1/s1. The van der Waals surface area contributed by atoms with Crippen molar-refractivity contribution in [2.75, 3.05) is 64.4 Å². The number of likely N-dealkylation sites (tertiary alicyclic amines) is 2. The highest BCUT2D eigenvalue weighted by atomic mass is 19.1. The fraction of sp³-hybridized carbons (Fsp3) is 0.492. The number of anilines is 2. The molecule has 10 rings (SSSR count). The van der Waals surface area contributed by atoms with E-state index in [0.717, 1.165) is 5.56 Å². The molecule has 6 heterocycles. The first kappa shape index (κ1) is 57.7. The van der Waals surface area contributed by atoms with Crippen LogP contribution in [0.5, 0.6) is 0 Å².